The number of carbonyl (C=O) groups excluding carboxylic acids is 1. The molecule has 0 radical (unpaired) electrons. The van der Waals surface area contributed by atoms with Crippen LogP contribution in [0.1, 0.15) is 24.4 Å². The summed E-state index contributed by atoms with van der Waals surface area (Å²) in [7, 11) is 0. The second-order valence-corrected chi connectivity index (χ2v) is 4.62. The molecule has 0 saturated heterocycles. The molecule has 0 saturated carbocycles. The van der Waals surface area contributed by atoms with Gasteiger partial charge in [-0.15, -0.1) is 0 Å². The van der Waals surface area contributed by atoms with Crippen LogP contribution in [0, 0.1) is 11.3 Å². The summed E-state index contributed by atoms with van der Waals surface area (Å²) in [5.41, 5.74) is -0.305. The number of rotatable bonds is 3. The first kappa shape index (κ1) is 12.9. The maximum Gasteiger partial charge on any atom is 0.295 e. The molecule has 0 aliphatic heterocycles. The Hall–Kier alpha value is -2.54. The van der Waals surface area contributed by atoms with Crippen molar-refractivity contribution in [3.05, 3.63) is 54.5 Å². The Morgan fingerprint density at radius 3 is 2.42 bits per heavy atom. The third kappa shape index (κ3) is 2.50. The SMILES string of the molecule is CC(C)(C#N)N(C(=O)c1ccco1)c1ccccc1. The van der Waals surface area contributed by atoms with E-state index >= 15 is 0 Å². The number of hydrogen-bond donors (Lipinski definition) is 0. The second-order valence-electron chi connectivity index (χ2n) is 4.62. The fourth-order valence-electron chi connectivity index (χ4n) is 1.83. The summed E-state index contributed by atoms with van der Waals surface area (Å²) >= 11 is 0. The maximum atomic E-state index is 12.5. The average molecular weight is 254 g/mol. The van der Waals surface area contributed by atoms with E-state index in [4.69, 9.17) is 4.42 Å². The van der Waals surface area contributed by atoms with Gasteiger partial charge in [0.2, 0.25) is 0 Å². The lowest BCUT2D eigenvalue weighted by molar-refractivity contribution is 0.0944. The van der Waals surface area contributed by atoms with Gasteiger partial charge in [0.1, 0.15) is 5.54 Å². The lowest BCUT2D eigenvalue weighted by Gasteiger charge is -2.32. The molecule has 4 heteroatoms. The van der Waals surface area contributed by atoms with E-state index in [2.05, 4.69) is 6.07 Å². The predicted molar refractivity (Wildman–Crippen MR) is 71.7 cm³/mol. The van der Waals surface area contributed by atoms with Gasteiger partial charge in [-0.1, -0.05) is 18.2 Å². The normalized spacial score (nSPS) is 10.8. The molecule has 0 atom stereocenters. The Labute approximate surface area is 111 Å². The smallest absolute Gasteiger partial charge is 0.295 e. The summed E-state index contributed by atoms with van der Waals surface area (Å²) in [5.74, 6) is -0.116. The molecule has 1 heterocycles. The molecule has 2 rings (SSSR count). The highest BCUT2D eigenvalue weighted by Crippen LogP contribution is 2.26. The predicted octanol–water partition coefficient (Wildman–Crippen LogP) is 3.23. The van der Waals surface area contributed by atoms with E-state index in [0.717, 1.165) is 0 Å². The van der Waals surface area contributed by atoms with Crippen molar-refractivity contribution >= 4 is 11.6 Å². The van der Waals surface area contributed by atoms with Crippen molar-refractivity contribution in [3.8, 4) is 6.07 Å². The molecule has 4 nitrogen and oxygen atoms in total. The fraction of sp³-hybridized carbons (Fsp3) is 0.200. The first-order valence-corrected chi connectivity index (χ1v) is 5.90. The summed E-state index contributed by atoms with van der Waals surface area (Å²) < 4.78 is 5.14. The van der Waals surface area contributed by atoms with Gasteiger partial charge < -0.3 is 4.42 Å². The number of hydrogen-bond acceptors (Lipinski definition) is 3. The molecular weight excluding hydrogens is 240 g/mol. The van der Waals surface area contributed by atoms with Crippen LogP contribution in [0.15, 0.2) is 53.1 Å². The van der Waals surface area contributed by atoms with Crippen molar-refractivity contribution in [3.63, 3.8) is 0 Å². The topological polar surface area (TPSA) is 57.2 Å². The van der Waals surface area contributed by atoms with Crippen LogP contribution in [0.3, 0.4) is 0 Å². The van der Waals surface area contributed by atoms with Crippen molar-refractivity contribution in [1.29, 1.82) is 5.26 Å². The fourth-order valence-corrected chi connectivity index (χ4v) is 1.83. The molecule has 0 unspecified atom stereocenters. The highest BCUT2D eigenvalue weighted by molar-refractivity contribution is 6.05. The summed E-state index contributed by atoms with van der Waals surface area (Å²) in [6.07, 6.45) is 1.44. The molecule has 0 aliphatic carbocycles. The van der Waals surface area contributed by atoms with E-state index in [1.807, 2.05) is 18.2 Å². The molecular formula is C15H14N2O2. The lowest BCUT2D eigenvalue weighted by Crippen LogP contribution is -2.47. The van der Waals surface area contributed by atoms with Crippen LogP contribution in [0.5, 0.6) is 0 Å². The van der Waals surface area contributed by atoms with Crippen LogP contribution in [0.4, 0.5) is 5.69 Å². The minimum atomic E-state index is -0.967. The highest BCUT2D eigenvalue weighted by atomic mass is 16.3. The minimum Gasteiger partial charge on any atom is -0.459 e. The lowest BCUT2D eigenvalue weighted by atomic mass is 10.0. The van der Waals surface area contributed by atoms with Crippen LogP contribution in [0.25, 0.3) is 0 Å². The number of carbonyl (C=O) groups is 1. The molecule has 96 valence electrons. The van der Waals surface area contributed by atoms with Gasteiger partial charge in [-0.2, -0.15) is 5.26 Å². The molecule has 0 spiro atoms. The van der Waals surface area contributed by atoms with Crippen molar-refractivity contribution in [2.45, 2.75) is 19.4 Å². The Kier molecular flexibility index (Phi) is 3.39. The molecule has 0 N–H and O–H groups in total. The third-order valence-corrected chi connectivity index (χ3v) is 2.78. The zero-order chi connectivity index (χ0) is 13.9. The van der Waals surface area contributed by atoms with E-state index in [-0.39, 0.29) is 11.7 Å². The van der Waals surface area contributed by atoms with Crippen LogP contribution < -0.4 is 4.90 Å². The third-order valence-electron chi connectivity index (χ3n) is 2.78. The van der Waals surface area contributed by atoms with E-state index in [1.54, 1.807) is 38.1 Å². The summed E-state index contributed by atoms with van der Waals surface area (Å²) in [6, 6.07) is 14.5. The van der Waals surface area contributed by atoms with Crippen molar-refractivity contribution in [1.82, 2.24) is 0 Å². The van der Waals surface area contributed by atoms with E-state index < -0.39 is 5.54 Å². The van der Waals surface area contributed by atoms with Gasteiger partial charge in [0.15, 0.2) is 5.76 Å². The monoisotopic (exact) mass is 254 g/mol. The van der Waals surface area contributed by atoms with E-state index in [0.29, 0.717) is 5.69 Å². The van der Waals surface area contributed by atoms with Crippen LogP contribution in [0.2, 0.25) is 0 Å². The van der Waals surface area contributed by atoms with Crippen LogP contribution >= 0.6 is 0 Å². The molecule has 1 amide bonds. The largest absolute Gasteiger partial charge is 0.459 e. The molecule has 0 fully saturated rings. The Morgan fingerprint density at radius 2 is 1.89 bits per heavy atom. The van der Waals surface area contributed by atoms with E-state index in [9.17, 15) is 10.1 Å². The second kappa shape index (κ2) is 4.99. The van der Waals surface area contributed by atoms with Gasteiger partial charge in [0.05, 0.1) is 12.3 Å². The average Bonchev–Trinajstić information content (AvgIpc) is 2.94. The zero-order valence-electron chi connectivity index (χ0n) is 10.8. The Bertz CT molecular complexity index is 595. The maximum absolute atomic E-state index is 12.5. The molecule has 0 aliphatic rings. The number of para-hydroxylation sites is 1. The number of furan rings is 1. The molecule has 2 aromatic rings. The summed E-state index contributed by atoms with van der Waals surface area (Å²) in [4.78, 5) is 13.9. The quantitative estimate of drug-likeness (QED) is 0.844. The Balaban J connectivity index is 2.48. The van der Waals surface area contributed by atoms with Gasteiger partial charge in [-0.25, -0.2) is 0 Å². The Morgan fingerprint density at radius 1 is 1.21 bits per heavy atom. The summed E-state index contributed by atoms with van der Waals surface area (Å²) in [5, 5.41) is 9.30. The van der Waals surface area contributed by atoms with Crippen molar-refractivity contribution in [2.75, 3.05) is 4.90 Å². The minimum absolute atomic E-state index is 0.215. The van der Waals surface area contributed by atoms with Crippen LogP contribution in [-0.2, 0) is 0 Å². The van der Waals surface area contributed by atoms with Crippen LogP contribution in [-0.4, -0.2) is 11.4 Å². The number of nitriles is 1. The highest BCUT2D eigenvalue weighted by Gasteiger charge is 2.34. The van der Waals surface area contributed by atoms with Gasteiger partial charge in [-0.3, -0.25) is 9.69 Å². The van der Waals surface area contributed by atoms with Gasteiger partial charge in [-0.05, 0) is 38.1 Å². The first-order chi connectivity index (χ1) is 9.06. The number of anilines is 1. The molecule has 1 aromatic heterocycles. The number of nitrogens with zero attached hydrogens (tertiary/aromatic N) is 2. The molecule has 0 bridgehead atoms. The van der Waals surface area contributed by atoms with Gasteiger partial charge in [0.25, 0.3) is 5.91 Å². The molecule has 1 aromatic carbocycles. The number of amides is 1. The zero-order valence-corrected chi connectivity index (χ0v) is 10.8. The molecule has 19 heavy (non-hydrogen) atoms. The van der Waals surface area contributed by atoms with Gasteiger partial charge in [0, 0.05) is 5.69 Å². The van der Waals surface area contributed by atoms with Crippen molar-refractivity contribution < 1.29 is 9.21 Å². The van der Waals surface area contributed by atoms with Gasteiger partial charge >= 0.3 is 0 Å². The number of benzene rings is 1. The standard InChI is InChI=1S/C15H14N2O2/c1-15(2,11-16)17(12-7-4-3-5-8-12)14(18)13-9-6-10-19-13/h3-10H,1-2H3. The summed E-state index contributed by atoms with van der Waals surface area (Å²) in [6.45, 7) is 3.39. The first-order valence-electron chi connectivity index (χ1n) is 5.90. The van der Waals surface area contributed by atoms with E-state index in [1.165, 1.54) is 11.2 Å². The van der Waals surface area contributed by atoms with Crippen molar-refractivity contribution in [2.24, 2.45) is 0 Å².